The van der Waals surface area contributed by atoms with E-state index >= 15 is 0 Å². The number of rotatable bonds is 6. The standard InChI is InChI=1S/C20H24N2O4S/c1-14-9-10-17(27(24,25)22-19-8-4-3-6-15(19)2)12-18(14)20(23)21-13-16-7-5-11-26-16/h3-4,6,8-10,12,16,22H,5,7,11,13H2,1-2H3,(H,21,23). The number of hydrogen-bond donors (Lipinski definition) is 2. The largest absolute Gasteiger partial charge is 0.376 e. The fourth-order valence-corrected chi connectivity index (χ4v) is 4.17. The monoisotopic (exact) mass is 388 g/mol. The van der Waals surface area contributed by atoms with E-state index in [1.54, 1.807) is 25.1 Å². The number of para-hydroxylation sites is 1. The molecule has 1 atom stereocenters. The van der Waals surface area contributed by atoms with Crippen LogP contribution in [0, 0.1) is 13.8 Å². The Morgan fingerprint density at radius 2 is 1.93 bits per heavy atom. The molecule has 1 aliphatic rings. The summed E-state index contributed by atoms with van der Waals surface area (Å²) in [5, 5.41) is 2.84. The zero-order chi connectivity index (χ0) is 19.4. The maximum atomic E-state index is 12.7. The molecule has 2 aromatic carbocycles. The average molecular weight is 388 g/mol. The lowest BCUT2D eigenvalue weighted by Gasteiger charge is -2.14. The molecule has 144 valence electrons. The second-order valence-electron chi connectivity index (χ2n) is 6.74. The Kier molecular flexibility index (Phi) is 5.82. The molecule has 3 rings (SSSR count). The van der Waals surface area contributed by atoms with Gasteiger partial charge in [0.1, 0.15) is 0 Å². The predicted octanol–water partition coefficient (Wildman–Crippen LogP) is 3.01. The highest BCUT2D eigenvalue weighted by atomic mass is 32.2. The lowest BCUT2D eigenvalue weighted by atomic mass is 10.1. The van der Waals surface area contributed by atoms with Gasteiger partial charge in [0.15, 0.2) is 0 Å². The van der Waals surface area contributed by atoms with Gasteiger partial charge in [-0.3, -0.25) is 9.52 Å². The summed E-state index contributed by atoms with van der Waals surface area (Å²) in [6.07, 6.45) is 1.95. The highest BCUT2D eigenvalue weighted by Crippen LogP contribution is 2.21. The number of hydrogen-bond acceptors (Lipinski definition) is 4. The van der Waals surface area contributed by atoms with Crippen LogP contribution in [0.4, 0.5) is 5.69 Å². The van der Waals surface area contributed by atoms with E-state index in [0.717, 1.165) is 30.6 Å². The molecule has 0 saturated carbocycles. The normalized spacial score (nSPS) is 16.9. The summed E-state index contributed by atoms with van der Waals surface area (Å²) in [5.74, 6) is -0.295. The highest BCUT2D eigenvalue weighted by Gasteiger charge is 2.20. The number of sulfonamides is 1. The van der Waals surface area contributed by atoms with Gasteiger partial charge in [0.2, 0.25) is 0 Å². The molecule has 2 N–H and O–H groups in total. The molecule has 27 heavy (non-hydrogen) atoms. The molecule has 0 aliphatic carbocycles. The van der Waals surface area contributed by atoms with E-state index < -0.39 is 10.0 Å². The van der Waals surface area contributed by atoms with Gasteiger partial charge in [0.25, 0.3) is 15.9 Å². The smallest absolute Gasteiger partial charge is 0.261 e. The molecule has 7 heteroatoms. The first-order chi connectivity index (χ1) is 12.9. The Morgan fingerprint density at radius 3 is 2.63 bits per heavy atom. The van der Waals surface area contributed by atoms with Gasteiger partial charge in [-0.15, -0.1) is 0 Å². The number of carbonyl (C=O) groups excluding carboxylic acids is 1. The van der Waals surface area contributed by atoms with Crippen LogP contribution in [0.25, 0.3) is 0 Å². The minimum atomic E-state index is -3.79. The van der Waals surface area contributed by atoms with Crippen LogP contribution in [0.1, 0.15) is 34.3 Å². The molecular weight excluding hydrogens is 364 g/mol. The zero-order valence-corrected chi connectivity index (χ0v) is 16.3. The summed E-state index contributed by atoms with van der Waals surface area (Å²) in [6, 6.07) is 11.7. The van der Waals surface area contributed by atoms with Crippen molar-refractivity contribution in [3.63, 3.8) is 0 Å². The summed E-state index contributed by atoms with van der Waals surface area (Å²) in [4.78, 5) is 12.6. The lowest BCUT2D eigenvalue weighted by Crippen LogP contribution is -2.32. The molecule has 0 aromatic heterocycles. The van der Waals surface area contributed by atoms with Crippen LogP contribution >= 0.6 is 0 Å². The summed E-state index contributed by atoms with van der Waals surface area (Å²) in [6.45, 7) is 4.76. The van der Waals surface area contributed by atoms with E-state index in [9.17, 15) is 13.2 Å². The van der Waals surface area contributed by atoms with Crippen molar-refractivity contribution in [2.75, 3.05) is 17.9 Å². The zero-order valence-electron chi connectivity index (χ0n) is 15.5. The third-order valence-electron chi connectivity index (χ3n) is 4.67. The molecule has 0 bridgehead atoms. The molecule has 1 heterocycles. The van der Waals surface area contributed by atoms with Gasteiger partial charge in [0.05, 0.1) is 16.7 Å². The first kappa shape index (κ1) is 19.4. The number of amides is 1. The molecule has 1 amide bonds. The minimum absolute atomic E-state index is 0.0314. The van der Waals surface area contributed by atoms with Crippen molar-refractivity contribution < 1.29 is 17.9 Å². The maximum absolute atomic E-state index is 12.7. The Labute approximate surface area is 160 Å². The van der Waals surface area contributed by atoms with E-state index in [1.165, 1.54) is 12.1 Å². The van der Waals surface area contributed by atoms with Gasteiger partial charge in [-0.2, -0.15) is 0 Å². The van der Waals surface area contributed by atoms with Crippen molar-refractivity contribution in [3.8, 4) is 0 Å². The molecule has 1 fully saturated rings. The van der Waals surface area contributed by atoms with Crippen LogP contribution in [0.2, 0.25) is 0 Å². The lowest BCUT2D eigenvalue weighted by molar-refractivity contribution is 0.0857. The summed E-state index contributed by atoms with van der Waals surface area (Å²) >= 11 is 0. The van der Waals surface area contributed by atoms with Crippen LogP contribution in [0.5, 0.6) is 0 Å². The van der Waals surface area contributed by atoms with Gasteiger partial charge in [-0.05, 0) is 56.0 Å². The van der Waals surface area contributed by atoms with E-state index in [0.29, 0.717) is 17.8 Å². The van der Waals surface area contributed by atoms with Gasteiger partial charge in [-0.25, -0.2) is 8.42 Å². The minimum Gasteiger partial charge on any atom is -0.376 e. The molecule has 6 nitrogen and oxygen atoms in total. The SMILES string of the molecule is Cc1ccccc1NS(=O)(=O)c1ccc(C)c(C(=O)NCC2CCCO2)c1. The molecule has 2 aromatic rings. The summed E-state index contributed by atoms with van der Waals surface area (Å²) < 4.78 is 33.6. The number of ether oxygens (including phenoxy) is 1. The van der Waals surface area contributed by atoms with Gasteiger partial charge in [-0.1, -0.05) is 24.3 Å². The Bertz CT molecular complexity index is 935. The van der Waals surface area contributed by atoms with Crippen molar-refractivity contribution in [1.29, 1.82) is 0 Å². The fourth-order valence-electron chi connectivity index (χ4n) is 3.01. The van der Waals surface area contributed by atoms with Gasteiger partial charge >= 0.3 is 0 Å². The Balaban J connectivity index is 1.79. The molecule has 0 radical (unpaired) electrons. The van der Waals surface area contributed by atoms with E-state index in [4.69, 9.17) is 4.74 Å². The quantitative estimate of drug-likeness (QED) is 0.797. The average Bonchev–Trinajstić information content (AvgIpc) is 3.15. The first-order valence-electron chi connectivity index (χ1n) is 8.96. The summed E-state index contributed by atoms with van der Waals surface area (Å²) in [5.41, 5.74) is 2.40. The van der Waals surface area contributed by atoms with E-state index in [-0.39, 0.29) is 16.9 Å². The maximum Gasteiger partial charge on any atom is 0.261 e. The summed E-state index contributed by atoms with van der Waals surface area (Å²) in [7, 11) is -3.79. The second kappa shape index (κ2) is 8.10. The van der Waals surface area contributed by atoms with Crippen LogP contribution in [-0.2, 0) is 14.8 Å². The fraction of sp³-hybridized carbons (Fsp3) is 0.350. The van der Waals surface area contributed by atoms with Crippen LogP contribution in [0.15, 0.2) is 47.4 Å². The van der Waals surface area contributed by atoms with Crippen molar-refractivity contribution in [1.82, 2.24) is 5.32 Å². The van der Waals surface area contributed by atoms with Crippen molar-refractivity contribution in [2.45, 2.75) is 37.7 Å². The Hall–Kier alpha value is -2.38. The third kappa shape index (κ3) is 4.67. The number of aryl methyl sites for hydroxylation is 2. The third-order valence-corrected chi connectivity index (χ3v) is 6.03. The van der Waals surface area contributed by atoms with Crippen molar-refractivity contribution in [3.05, 3.63) is 59.2 Å². The highest BCUT2D eigenvalue weighted by molar-refractivity contribution is 7.92. The predicted molar refractivity (Wildman–Crippen MR) is 104 cm³/mol. The van der Waals surface area contributed by atoms with Crippen molar-refractivity contribution in [2.24, 2.45) is 0 Å². The topological polar surface area (TPSA) is 84.5 Å². The Morgan fingerprint density at radius 1 is 1.15 bits per heavy atom. The molecule has 1 saturated heterocycles. The number of carbonyl (C=O) groups is 1. The number of nitrogens with one attached hydrogen (secondary N) is 2. The van der Waals surface area contributed by atoms with Crippen LogP contribution in [-0.4, -0.2) is 33.6 Å². The number of benzene rings is 2. The van der Waals surface area contributed by atoms with E-state index in [1.807, 2.05) is 19.1 Å². The number of anilines is 1. The molecule has 1 aliphatic heterocycles. The molecule has 0 spiro atoms. The van der Waals surface area contributed by atoms with Crippen LogP contribution in [0.3, 0.4) is 0 Å². The van der Waals surface area contributed by atoms with Gasteiger partial charge < -0.3 is 10.1 Å². The van der Waals surface area contributed by atoms with Crippen molar-refractivity contribution >= 4 is 21.6 Å². The van der Waals surface area contributed by atoms with Crippen LogP contribution < -0.4 is 10.0 Å². The second-order valence-corrected chi connectivity index (χ2v) is 8.42. The molecule has 1 unspecified atom stereocenters. The molecular formula is C20H24N2O4S. The van der Waals surface area contributed by atoms with Gasteiger partial charge in [0, 0.05) is 18.7 Å². The van der Waals surface area contributed by atoms with E-state index in [2.05, 4.69) is 10.0 Å². The first-order valence-corrected chi connectivity index (χ1v) is 10.4.